The number of aromatic hydroxyl groups is 1. The summed E-state index contributed by atoms with van der Waals surface area (Å²) in [6, 6.07) is 3.69. The molecule has 1 heterocycles. The molecule has 1 aromatic rings. The first-order valence-electron chi connectivity index (χ1n) is 5.44. The Morgan fingerprint density at radius 2 is 2.06 bits per heavy atom. The van der Waals surface area contributed by atoms with E-state index in [0.29, 0.717) is 13.1 Å². The van der Waals surface area contributed by atoms with E-state index < -0.39 is 10.7 Å². The maximum Gasteiger partial charge on any atom is 0.310 e. The summed E-state index contributed by atoms with van der Waals surface area (Å²) in [4.78, 5) is 23.6. The van der Waals surface area contributed by atoms with Crippen LogP contribution >= 0.6 is 11.8 Å². The molecule has 0 spiro atoms. The monoisotopic (exact) mass is 268 g/mol. The van der Waals surface area contributed by atoms with Crippen LogP contribution in [0.25, 0.3) is 0 Å². The Labute approximate surface area is 108 Å². The topological polar surface area (TPSA) is 83.7 Å². The van der Waals surface area contributed by atoms with E-state index in [1.807, 2.05) is 0 Å². The van der Waals surface area contributed by atoms with E-state index in [-0.39, 0.29) is 17.2 Å². The summed E-state index contributed by atoms with van der Waals surface area (Å²) in [7, 11) is 0. The van der Waals surface area contributed by atoms with E-state index in [1.54, 1.807) is 16.7 Å². The first-order chi connectivity index (χ1) is 8.59. The number of carbonyl (C=O) groups is 1. The molecule has 7 heteroatoms. The third kappa shape index (κ3) is 2.56. The number of phenolic OH excluding ortho intramolecular Hbond substituents is 1. The molecule has 1 aliphatic heterocycles. The smallest absolute Gasteiger partial charge is 0.310 e. The van der Waals surface area contributed by atoms with Gasteiger partial charge in [-0.1, -0.05) is 0 Å². The van der Waals surface area contributed by atoms with Crippen molar-refractivity contribution in [3.8, 4) is 5.75 Å². The van der Waals surface area contributed by atoms with E-state index in [0.717, 1.165) is 23.6 Å². The van der Waals surface area contributed by atoms with Crippen LogP contribution in [0.5, 0.6) is 5.75 Å². The number of hydrogen-bond donors (Lipinski definition) is 1. The Bertz CT molecular complexity index is 486. The normalized spacial score (nSPS) is 15.4. The van der Waals surface area contributed by atoms with Crippen LogP contribution in [-0.4, -0.2) is 45.4 Å². The number of amides is 1. The maximum atomic E-state index is 12.1. The van der Waals surface area contributed by atoms with E-state index in [1.165, 1.54) is 6.07 Å². The molecule has 2 rings (SSSR count). The molecular formula is C11H12N2O4S. The summed E-state index contributed by atoms with van der Waals surface area (Å²) < 4.78 is 0. The highest BCUT2D eigenvalue weighted by Gasteiger charge is 2.21. The molecule has 0 saturated carbocycles. The number of hydrogen-bond acceptors (Lipinski definition) is 5. The number of benzene rings is 1. The standard InChI is InChI=1S/C11H12N2O4S/c14-10-7-8(1-2-9(10)13(16)17)11(15)12-3-5-18-6-4-12/h1-2,7,14H,3-6H2. The van der Waals surface area contributed by atoms with Crippen molar-refractivity contribution in [1.29, 1.82) is 0 Å². The average Bonchev–Trinajstić information content (AvgIpc) is 2.38. The second-order valence-corrected chi connectivity index (χ2v) is 5.09. The number of nitro benzene ring substituents is 1. The first kappa shape index (κ1) is 12.7. The number of nitrogens with zero attached hydrogens (tertiary/aromatic N) is 2. The third-order valence-electron chi connectivity index (χ3n) is 2.72. The summed E-state index contributed by atoms with van der Waals surface area (Å²) >= 11 is 1.79. The van der Waals surface area contributed by atoms with Crippen LogP contribution in [0.2, 0.25) is 0 Å². The highest BCUT2D eigenvalue weighted by molar-refractivity contribution is 7.99. The van der Waals surface area contributed by atoms with Gasteiger partial charge in [0.15, 0.2) is 5.75 Å². The molecule has 0 aliphatic carbocycles. The molecule has 0 aromatic heterocycles. The summed E-state index contributed by atoms with van der Waals surface area (Å²) in [5.74, 6) is 1.12. The molecule has 0 bridgehead atoms. The lowest BCUT2D eigenvalue weighted by Crippen LogP contribution is -2.37. The Kier molecular flexibility index (Phi) is 3.71. The molecule has 1 N–H and O–H groups in total. The van der Waals surface area contributed by atoms with Crippen LogP contribution in [0.1, 0.15) is 10.4 Å². The van der Waals surface area contributed by atoms with Crippen molar-refractivity contribution in [2.24, 2.45) is 0 Å². The van der Waals surface area contributed by atoms with E-state index in [2.05, 4.69) is 0 Å². The fourth-order valence-corrected chi connectivity index (χ4v) is 2.66. The van der Waals surface area contributed by atoms with Gasteiger partial charge in [-0.2, -0.15) is 11.8 Å². The Morgan fingerprint density at radius 3 is 2.61 bits per heavy atom. The average molecular weight is 268 g/mol. The summed E-state index contributed by atoms with van der Waals surface area (Å²) in [6.45, 7) is 1.34. The van der Waals surface area contributed by atoms with E-state index in [4.69, 9.17) is 0 Å². The zero-order valence-electron chi connectivity index (χ0n) is 9.54. The number of nitro groups is 1. The number of rotatable bonds is 2. The predicted octanol–water partition coefficient (Wildman–Crippen LogP) is 1.49. The molecule has 0 radical (unpaired) electrons. The van der Waals surface area contributed by atoms with Gasteiger partial charge in [-0.3, -0.25) is 14.9 Å². The van der Waals surface area contributed by atoms with Gasteiger partial charge in [-0.15, -0.1) is 0 Å². The molecular weight excluding hydrogens is 256 g/mol. The number of carbonyl (C=O) groups excluding carboxylic acids is 1. The molecule has 1 fully saturated rings. The fraction of sp³-hybridized carbons (Fsp3) is 0.364. The van der Waals surface area contributed by atoms with Crippen molar-refractivity contribution in [3.05, 3.63) is 33.9 Å². The Hall–Kier alpha value is -1.76. The second-order valence-electron chi connectivity index (χ2n) is 3.87. The van der Waals surface area contributed by atoms with Crippen LogP contribution < -0.4 is 0 Å². The Morgan fingerprint density at radius 1 is 1.39 bits per heavy atom. The lowest BCUT2D eigenvalue weighted by atomic mass is 10.1. The van der Waals surface area contributed by atoms with Gasteiger partial charge in [0.25, 0.3) is 5.91 Å². The Balaban J connectivity index is 2.20. The van der Waals surface area contributed by atoms with E-state index in [9.17, 15) is 20.0 Å². The molecule has 96 valence electrons. The summed E-state index contributed by atoms with van der Waals surface area (Å²) in [5.41, 5.74) is -0.106. The van der Waals surface area contributed by atoms with Gasteiger partial charge in [0, 0.05) is 36.2 Å². The molecule has 0 unspecified atom stereocenters. The minimum Gasteiger partial charge on any atom is -0.502 e. The highest BCUT2D eigenvalue weighted by Crippen LogP contribution is 2.27. The van der Waals surface area contributed by atoms with Crippen molar-refractivity contribution in [2.45, 2.75) is 0 Å². The zero-order valence-corrected chi connectivity index (χ0v) is 10.4. The van der Waals surface area contributed by atoms with Crippen molar-refractivity contribution in [2.75, 3.05) is 24.6 Å². The van der Waals surface area contributed by atoms with Gasteiger partial charge in [0.05, 0.1) is 4.92 Å². The van der Waals surface area contributed by atoms with Crippen LogP contribution in [0.4, 0.5) is 5.69 Å². The predicted molar refractivity (Wildman–Crippen MR) is 68.0 cm³/mol. The number of thioether (sulfide) groups is 1. The van der Waals surface area contributed by atoms with Gasteiger partial charge in [0.1, 0.15) is 0 Å². The molecule has 0 atom stereocenters. The molecule has 1 aromatic carbocycles. The van der Waals surface area contributed by atoms with Crippen LogP contribution in [0.15, 0.2) is 18.2 Å². The van der Waals surface area contributed by atoms with Crippen LogP contribution in [0, 0.1) is 10.1 Å². The lowest BCUT2D eigenvalue weighted by Gasteiger charge is -2.26. The van der Waals surface area contributed by atoms with E-state index >= 15 is 0 Å². The van der Waals surface area contributed by atoms with Crippen LogP contribution in [0.3, 0.4) is 0 Å². The van der Waals surface area contributed by atoms with Crippen molar-refractivity contribution >= 4 is 23.4 Å². The largest absolute Gasteiger partial charge is 0.502 e. The summed E-state index contributed by atoms with van der Waals surface area (Å²) in [6.07, 6.45) is 0. The van der Waals surface area contributed by atoms with Gasteiger partial charge >= 0.3 is 5.69 Å². The highest BCUT2D eigenvalue weighted by atomic mass is 32.2. The third-order valence-corrected chi connectivity index (χ3v) is 3.66. The zero-order chi connectivity index (χ0) is 13.1. The SMILES string of the molecule is O=C(c1ccc([N+](=O)[O-])c(O)c1)N1CCSCC1. The van der Waals surface area contributed by atoms with Gasteiger partial charge in [-0.25, -0.2) is 0 Å². The summed E-state index contributed by atoms with van der Waals surface area (Å²) in [5, 5.41) is 20.0. The minimum absolute atomic E-state index is 0.194. The van der Waals surface area contributed by atoms with Crippen molar-refractivity contribution < 1.29 is 14.8 Å². The molecule has 1 amide bonds. The molecule has 1 saturated heterocycles. The number of phenols is 1. The quantitative estimate of drug-likeness (QED) is 0.649. The first-order valence-corrected chi connectivity index (χ1v) is 6.59. The van der Waals surface area contributed by atoms with Crippen LogP contribution in [-0.2, 0) is 0 Å². The molecule has 6 nitrogen and oxygen atoms in total. The second kappa shape index (κ2) is 5.26. The van der Waals surface area contributed by atoms with Gasteiger partial charge in [-0.05, 0) is 12.1 Å². The molecule has 18 heavy (non-hydrogen) atoms. The lowest BCUT2D eigenvalue weighted by molar-refractivity contribution is -0.385. The fourth-order valence-electron chi connectivity index (χ4n) is 1.76. The van der Waals surface area contributed by atoms with Gasteiger partial charge < -0.3 is 10.0 Å². The maximum absolute atomic E-state index is 12.1. The van der Waals surface area contributed by atoms with Crippen molar-refractivity contribution in [3.63, 3.8) is 0 Å². The minimum atomic E-state index is -0.679. The van der Waals surface area contributed by atoms with Crippen molar-refractivity contribution in [1.82, 2.24) is 4.90 Å². The van der Waals surface area contributed by atoms with Gasteiger partial charge in [0.2, 0.25) is 0 Å². The molecule has 1 aliphatic rings.